The zero-order chi connectivity index (χ0) is 15.9. The van der Waals surface area contributed by atoms with Gasteiger partial charge in [0.05, 0.1) is 20.6 Å². The first-order valence-electron chi connectivity index (χ1n) is 7.50. The van der Waals surface area contributed by atoms with Gasteiger partial charge >= 0.3 is 0 Å². The largest absolute Gasteiger partial charge is 1.00 e. The van der Waals surface area contributed by atoms with E-state index < -0.39 is 0 Å². The van der Waals surface area contributed by atoms with Crippen LogP contribution in [0.1, 0.15) is 17.5 Å². The van der Waals surface area contributed by atoms with Gasteiger partial charge in [-0.05, 0) is 41.2 Å². The normalized spacial score (nSPS) is 11.4. The van der Waals surface area contributed by atoms with Crippen molar-refractivity contribution in [3.8, 4) is 0 Å². The van der Waals surface area contributed by atoms with Crippen molar-refractivity contribution in [2.75, 3.05) is 26.9 Å². The summed E-state index contributed by atoms with van der Waals surface area (Å²) in [5.74, 6) is 0. The van der Waals surface area contributed by atoms with Gasteiger partial charge in [0.1, 0.15) is 0 Å². The highest BCUT2D eigenvalue weighted by Crippen LogP contribution is 2.33. The number of hydrogen-bond donors (Lipinski definition) is 1. The van der Waals surface area contributed by atoms with Crippen LogP contribution in [0.3, 0.4) is 0 Å². The van der Waals surface area contributed by atoms with Gasteiger partial charge in [0.25, 0.3) is 0 Å². The highest BCUT2D eigenvalue weighted by atomic mass is 35.5. The predicted octanol–water partition coefficient (Wildman–Crippen LogP) is 1.03. The average molecular weight is 368 g/mol. The Morgan fingerprint density at radius 1 is 1.13 bits per heavy atom. The summed E-state index contributed by atoms with van der Waals surface area (Å²) in [5.41, 5.74) is 3.74. The summed E-state index contributed by atoms with van der Waals surface area (Å²) in [6.07, 6.45) is 5.50. The van der Waals surface area contributed by atoms with E-state index in [0.29, 0.717) is 0 Å². The highest BCUT2D eigenvalue weighted by Gasteiger charge is 2.10. The van der Waals surface area contributed by atoms with Crippen molar-refractivity contribution in [2.45, 2.75) is 11.3 Å². The maximum atomic E-state index is 6.25. The summed E-state index contributed by atoms with van der Waals surface area (Å²) in [6, 6.07) is 16.7. The van der Waals surface area contributed by atoms with Crippen LogP contribution in [0.15, 0.2) is 59.5 Å². The SMILES string of the molecule is CSc1ccc(Cl)cc1/C(=C\CC[NH+](C)C)c1ccccc1.[Cl-]. The summed E-state index contributed by atoms with van der Waals surface area (Å²) in [6.45, 7) is 1.12. The fraction of sp³-hybridized carbons (Fsp3) is 0.263. The lowest BCUT2D eigenvalue weighted by molar-refractivity contribution is -0.857. The van der Waals surface area contributed by atoms with Gasteiger partial charge in [-0.25, -0.2) is 0 Å². The number of hydrogen-bond acceptors (Lipinski definition) is 1. The molecule has 0 spiro atoms. The number of benzene rings is 2. The van der Waals surface area contributed by atoms with E-state index in [-0.39, 0.29) is 12.4 Å². The van der Waals surface area contributed by atoms with Crippen LogP contribution in [-0.4, -0.2) is 26.9 Å². The Balaban J connectivity index is 0.00000264. The summed E-state index contributed by atoms with van der Waals surface area (Å²) < 4.78 is 0. The van der Waals surface area contributed by atoms with Crippen LogP contribution in [0.5, 0.6) is 0 Å². The molecular formula is C19H23Cl2NS. The van der Waals surface area contributed by atoms with Crippen LogP contribution in [0, 0.1) is 0 Å². The minimum absolute atomic E-state index is 0. The van der Waals surface area contributed by atoms with E-state index in [4.69, 9.17) is 11.6 Å². The van der Waals surface area contributed by atoms with Gasteiger partial charge in [-0.2, -0.15) is 0 Å². The van der Waals surface area contributed by atoms with Crippen LogP contribution in [0.25, 0.3) is 5.57 Å². The molecule has 124 valence electrons. The Labute approximate surface area is 155 Å². The monoisotopic (exact) mass is 367 g/mol. The fourth-order valence-corrected chi connectivity index (χ4v) is 3.16. The van der Waals surface area contributed by atoms with Crippen LogP contribution in [0.2, 0.25) is 5.02 Å². The van der Waals surface area contributed by atoms with Crippen molar-refractivity contribution in [1.29, 1.82) is 0 Å². The van der Waals surface area contributed by atoms with Gasteiger partial charge < -0.3 is 17.3 Å². The Bertz CT molecular complexity index is 639. The zero-order valence-electron chi connectivity index (χ0n) is 13.8. The Kier molecular flexibility index (Phi) is 8.78. The smallest absolute Gasteiger partial charge is 0.0802 e. The average Bonchev–Trinajstić information content (AvgIpc) is 2.52. The molecule has 4 heteroatoms. The molecule has 0 amide bonds. The molecule has 2 aromatic carbocycles. The molecule has 0 radical (unpaired) electrons. The first-order valence-corrected chi connectivity index (χ1v) is 9.10. The third-order valence-electron chi connectivity index (χ3n) is 3.53. The van der Waals surface area contributed by atoms with E-state index >= 15 is 0 Å². The maximum Gasteiger partial charge on any atom is 0.0802 e. The minimum atomic E-state index is 0. The van der Waals surface area contributed by atoms with E-state index in [1.165, 1.54) is 26.5 Å². The molecule has 0 saturated carbocycles. The van der Waals surface area contributed by atoms with Crippen LogP contribution < -0.4 is 17.3 Å². The van der Waals surface area contributed by atoms with Crippen molar-refractivity contribution in [2.24, 2.45) is 0 Å². The molecule has 1 nitrogen and oxygen atoms in total. The van der Waals surface area contributed by atoms with E-state index in [2.05, 4.69) is 68.9 Å². The molecule has 2 aromatic rings. The van der Waals surface area contributed by atoms with Gasteiger partial charge in [-0.3, -0.25) is 0 Å². The first-order chi connectivity index (χ1) is 10.6. The third kappa shape index (κ3) is 5.89. The standard InChI is InChI=1S/C19H22ClNS.ClH/c1-21(2)13-7-10-17(15-8-5-4-6-9-15)18-14-16(20)11-12-19(18)22-3;/h4-6,8-12,14H,7,13H2,1-3H3;1H/b17-10-;. The van der Waals surface area contributed by atoms with Crippen molar-refractivity contribution in [3.63, 3.8) is 0 Å². The fourth-order valence-electron chi connectivity index (χ4n) is 2.40. The van der Waals surface area contributed by atoms with Crippen LogP contribution >= 0.6 is 23.4 Å². The van der Waals surface area contributed by atoms with Crippen LogP contribution in [0.4, 0.5) is 0 Å². The molecule has 0 atom stereocenters. The van der Waals surface area contributed by atoms with Gasteiger partial charge in [0.15, 0.2) is 0 Å². The second-order valence-electron chi connectivity index (χ2n) is 5.57. The Morgan fingerprint density at radius 3 is 2.43 bits per heavy atom. The van der Waals surface area contributed by atoms with Crippen molar-refractivity contribution in [3.05, 3.63) is 70.8 Å². The quantitative estimate of drug-likeness (QED) is 0.747. The van der Waals surface area contributed by atoms with E-state index in [1.54, 1.807) is 11.8 Å². The van der Waals surface area contributed by atoms with E-state index in [1.807, 2.05) is 6.07 Å². The van der Waals surface area contributed by atoms with Gasteiger partial charge in [0.2, 0.25) is 0 Å². The molecule has 0 saturated heterocycles. The predicted molar refractivity (Wildman–Crippen MR) is 99.0 cm³/mol. The molecule has 23 heavy (non-hydrogen) atoms. The topological polar surface area (TPSA) is 4.44 Å². The summed E-state index contributed by atoms with van der Waals surface area (Å²) in [7, 11) is 4.37. The molecule has 0 bridgehead atoms. The van der Waals surface area contributed by atoms with Crippen molar-refractivity contribution >= 4 is 28.9 Å². The highest BCUT2D eigenvalue weighted by molar-refractivity contribution is 7.98. The summed E-state index contributed by atoms with van der Waals surface area (Å²) >= 11 is 8.01. The summed E-state index contributed by atoms with van der Waals surface area (Å²) in [5, 5.41) is 0.785. The van der Waals surface area contributed by atoms with Gasteiger partial charge in [0, 0.05) is 16.3 Å². The summed E-state index contributed by atoms with van der Waals surface area (Å²) in [4.78, 5) is 2.72. The van der Waals surface area contributed by atoms with E-state index in [9.17, 15) is 0 Å². The molecule has 0 aliphatic heterocycles. The lowest BCUT2D eigenvalue weighted by Crippen LogP contribution is -3.05. The number of quaternary nitrogens is 1. The zero-order valence-corrected chi connectivity index (χ0v) is 16.1. The van der Waals surface area contributed by atoms with Crippen molar-refractivity contribution in [1.82, 2.24) is 0 Å². The van der Waals surface area contributed by atoms with Crippen molar-refractivity contribution < 1.29 is 17.3 Å². The third-order valence-corrected chi connectivity index (χ3v) is 4.56. The Hall–Kier alpha value is -0.930. The number of thioether (sulfide) groups is 1. The lowest BCUT2D eigenvalue weighted by Gasteiger charge is -2.14. The number of nitrogens with one attached hydrogen (secondary N) is 1. The van der Waals surface area contributed by atoms with Gasteiger partial charge in [-0.1, -0.05) is 48.0 Å². The first kappa shape index (κ1) is 20.1. The molecule has 0 aliphatic rings. The van der Waals surface area contributed by atoms with E-state index in [0.717, 1.165) is 18.0 Å². The second-order valence-corrected chi connectivity index (χ2v) is 6.86. The molecule has 2 rings (SSSR count). The maximum absolute atomic E-state index is 6.25. The molecule has 0 aromatic heterocycles. The molecule has 1 N–H and O–H groups in total. The molecule has 0 unspecified atom stereocenters. The number of halogens is 2. The lowest BCUT2D eigenvalue weighted by atomic mass is 9.96. The Morgan fingerprint density at radius 2 is 1.83 bits per heavy atom. The number of rotatable bonds is 6. The second kappa shape index (κ2) is 10.0. The van der Waals surface area contributed by atoms with Crippen LogP contribution in [-0.2, 0) is 0 Å². The minimum Gasteiger partial charge on any atom is -1.00 e. The molecule has 0 fully saturated rings. The molecule has 0 aliphatic carbocycles. The molecular weight excluding hydrogens is 345 g/mol. The van der Waals surface area contributed by atoms with Gasteiger partial charge in [-0.15, -0.1) is 11.8 Å². The molecule has 0 heterocycles.